The van der Waals surface area contributed by atoms with Crippen LogP contribution in [0.1, 0.15) is 35.0 Å². The smallest absolute Gasteiger partial charge is 0.253 e. The van der Waals surface area contributed by atoms with E-state index in [-0.39, 0.29) is 10.8 Å². The van der Waals surface area contributed by atoms with Gasteiger partial charge in [0.2, 0.25) is 10.0 Å². The molecule has 0 bridgehead atoms. The van der Waals surface area contributed by atoms with Gasteiger partial charge < -0.3 is 4.90 Å². The number of carbonyl (C=O) groups is 1. The molecule has 2 aliphatic heterocycles. The van der Waals surface area contributed by atoms with Crippen LogP contribution in [0.3, 0.4) is 0 Å². The highest BCUT2D eigenvalue weighted by atomic mass is 35.5. The second kappa shape index (κ2) is 9.58. The van der Waals surface area contributed by atoms with Crippen molar-refractivity contribution in [2.75, 3.05) is 39.3 Å². The van der Waals surface area contributed by atoms with E-state index in [1.54, 1.807) is 39.9 Å². The number of piperazine rings is 1. The van der Waals surface area contributed by atoms with E-state index in [9.17, 15) is 13.2 Å². The highest BCUT2D eigenvalue weighted by Gasteiger charge is 2.29. The molecule has 2 aromatic rings. The molecule has 2 fully saturated rings. The standard InChI is InChI=1S/C22H28ClN3O3S2/c1-17-3-2-10-26(15-17)31(28,29)20-7-4-18(5-8-20)22(27)25-13-11-24(12-14-25)16-19-6-9-21(23)30-19/h4-9,17H,2-3,10-16H2,1H3. The monoisotopic (exact) mass is 481 g/mol. The Morgan fingerprint density at radius 3 is 2.39 bits per heavy atom. The fraction of sp³-hybridized carbons (Fsp3) is 0.500. The molecular weight excluding hydrogens is 454 g/mol. The minimum atomic E-state index is -3.50. The molecule has 2 aliphatic rings. The van der Waals surface area contributed by atoms with Crippen molar-refractivity contribution in [3.8, 4) is 0 Å². The molecule has 1 amide bonds. The number of piperidine rings is 1. The van der Waals surface area contributed by atoms with Crippen LogP contribution in [-0.4, -0.2) is 67.7 Å². The van der Waals surface area contributed by atoms with Crippen LogP contribution in [0.4, 0.5) is 0 Å². The Morgan fingerprint density at radius 1 is 1.06 bits per heavy atom. The number of hydrogen-bond donors (Lipinski definition) is 0. The van der Waals surface area contributed by atoms with Crippen molar-refractivity contribution in [1.29, 1.82) is 0 Å². The minimum Gasteiger partial charge on any atom is -0.336 e. The van der Waals surface area contributed by atoms with Crippen LogP contribution in [0.15, 0.2) is 41.3 Å². The minimum absolute atomic E-state index is 0.0469. The van der Waals surface area contributed by atoms with Gasteiger partial charge in [-0.25, -0.2) is 8.42 Å². The summed E-state index contributed by atoms with van der Waals surface area (Å²) in [5, 5.41) is 0. The van der Waals surface area contributed by atoms with E-state index in [2.05, 4.69) is 11.8 Å². The van der Waals surface area contributed by atoms with E-state index in [4.69, 9.17) is 11.6 Å². The number of benzene rings is 1. The lowest BCUT2D eigenvalue weighted by Crippen LogP contribution is -2.48. The lowest BCUT2D eigenvalue weighted by molar-refractivity contribution is 0.0629. The SMILES string of the molecule is CC1CCCN(S(=O)(=O)c2ccc(C(=O)N3CCN(Cc4ccc(Cl)s4)CC3)cc2)C1. The molecule has 31 heavy (non-hydrogen) atoms. The van der Waals surface area contributed by atoms with Crippen LogP contribution in [0, 0.1) is 5.92 Å². The number of halogens is 1. The molecule has 6 nitrogen and oxygen atoms in total. The molecular formula is C22H28ClN3O3S2. The number of sulfonamides is 1. The van der Waals surface area contributed by atoms with E-state index in [0.717, 1.165) is 36.8 Å². The third-order valence-corrected chi connectivity index (χ3v) is 9.12. The quantitative estimate of drug-likeness (QED) is 0.652. The highest BCUT2D eigenvalue weighted by Crippen LogP contribution is 2.25. The van der Waals surface area contributed by atoms with E-state index >= 15 is 0 Å². The van der Waals surface area contributed by atoms with Gasteiger partial charge in [0, 0.05) is 56.3 Å². The third kappa shape index (κ3) is 5.31. The summed E-state index contributed by atoms with van der Waals surface area (Å²) in [7, 11) is -3.50. The molecule has 1 aromatic heterocycles. The van der Waals surface area contributed by atoms with Gasteiger partial charge in [-0.2, -0.15) is 4.31 Å². The fourth-order valence-electron chi connectivity index (χ4n) is 4.23. The Labute approximate surface area is 193 Å². The Morgan fingerprint density at radius 2 is 1.77 bits per heavy atom. The number of thiophene rings is 1. The molecule has 0 spiro atoms. The Balaban J connectivity index is 1.35. The Hall–Kier alpha value is -1.45. The first-order chi connectivity index (χ1) is 14.8. The predicted octanol–water partition coefficient (Wildman–Crippen LogP) is 3.78. The van der Waals surface area contributed by atoms with E-state index in [1.807, 2.05) is 17.0 Å². The molecule has 3 heterocycles. The van der Waals surface area contributed by atoms with Crippen LogP contribution >= 0.6 is 22.9 Å². The molecule has 9 heteroatoms. The predicted molar refractivity (Wildman–Crippen MR) is 124 cm³/mol. The van der Waals surface area contributed by atoms with Crippen molar-refractivity contribution in [1.82, 2.24) is 14.1 Å². The number of nitrogens with zero attached hydrogens (tertiary/aromatic N) is 3. The summed E-state index contributed by atoms with van der Waals surface area (Å²) < 4.78 is 28.2. The lowest BCUT2D eigenvalue weighted by Gasteiger charge is -2.34. The number of amides is 1. The lowest BCUT2D eigenvalue weighted by atomic mass is 10.0. The zero-order chi connectivity index (χ0) is 22.0. The van der Waals surface area contributed by atoms with Gasteiger partial charge in [0.05, 0.1) is 9.23 Å². The largest absolute Gasteiger partial charge is 0.336 e. The molecule has 0 aliphatic carbocycles. The van der Waals surface area contributed by atoms with Crippen molar-refractivity contribution in [2.45, 2.75) is 31.2 Å². The molecule has 0 saturated carbocycles. The summed E-state index contributed by atoms with van der Waals surface area (Å²) >= 11 is 7.60. The van der Waals surface area contributed by atoms with Gasteiger partial charge in [-0.05, 0) is 55.2 Å². The number of hydrogen-bond acceptors (Lipinski definition) is 5. The summed E-state index contributed by atoms with van der Waals surface area (Å²) in [6.07, 6.45) is 1.95. The first-order valence-electron chi connectivity index (χ1n) is 10.7. The van der Waals surface area contributed by atoms with Gasteiger partial charge in [-0.1, -0.05) is 18.5 Å². The molecule has 4 rings (SSSR count). The molecule has 0 radical (unpaired) electrons. The number of rotatable bonds is 5. The van der Waals surface area contributed by atoms with Crippen molar-refractivity contribution in [2.24, 2.45) is 5.92 Å². The third-order valence-electron chi connectivity index (χ3n) is 6.03. The topological polar surface area (TPSA) is 60.9 Å². The maximum Gasteiger partial charge on any atom is 0.253 e. The van der Waals surface area contributed by atoms with E-state index < -0.39 is 10.0 Å². The van der Waals surface area contributed by atoms with Crippen LogP contribution < -0.4 is 0 Å². The fourth-order valence-corrected chi connectivity index (χ4v) is 6.96. The van der Waals surface area contributed by atoms with Gasteiger partial charge in [-0.3, -0.25) is 9.69 Å². The summed E-state index contributed by atoms with van der Waals surface area (Å²) in [4.78, 5) is 18.6. The summed E-state index contributed by atoms with van der Waals surface area (Å²) in [6.45, 7) is 6.98. The van der Waals surface area contributed by atoms with Gasteiger partial charge in [0.15, 0.2) is 0 Å². The van der Waals surface area contributed by atoms with Crippen molar-refractivity contribution >= 4 is 38.9 Å². The van der Waals surface area contributed by atoms with Crippen LogP contribution in [0.5, 0.6) is 0 Å². The summed E-state index contributed by atoms with van der Waals surface area (Å²) in [5.74, 6) is 0.328. The average Bonchev–Trinajstić information content (AvgIpc) is 3.18. The van der Waals surface area contributed by atoms with Crippen molar-refractivity contribution < 1.29 is 13.2 Å². The van der Waals surface area contributed by atoms with Gasteiger partial charge in [0.25, 0.3) is 5.91 Å². The van der Waals surface area contributed by atoms with Crippen molar-refractivity contribution in [3.63, 3.8) is 0 Å². The van der Waals surface area contributed by atoms with Gasteiger partial charge >= 0.3 is 0 Å². The maximum absolute atomic E-state index is 12.9. The van der Waals surface area contributed by atoms with Crippen LogP contribution in [0.25, 0.3) is 0 Å². The zero-order valence-corrected chi connectivity index (χ0v) is 20.1. The van der Waals surface area contributed by atoms with Crippen LogP contribution in [0.2, 0.25) is 4.34 Å². The second-order valence-corrected chi connectivity index (χ2v) is 12.1. The molecule has 1 atom stereocenters. The number of carbonyl (C=O) groups excluding carboxylic acids is 1. The first kappa shape index (κ1) is 22.7. The van der Waals surface area contributed by atoms with E-state index in [0.29, 0.717) is 37.7 Å². The zero-order valence-electron chi connectivity index (χ0n) is 17.7. The van der Waals surface area contributed by atoms with E-state index in [1.165, 1.54) is 4.88 Å². The molecule has 1 unspecified atom stereocenters. The van der Waals surface area contributed by atoms with Crippen LogP contribution in [-0.2, 0) is 16.6 Å². The maximum atomic E-state index is 12.9. The average molecular weight is 482 g/mol. The molecule has 2 saturated heterocycles. The first-order valence-corrected chi connectivity index (χ1v) is 13.3. The Bertz CT molecular complexity index is 1010. The summed E-state index contributed by atoms with van der Waals surface area (Å²) in [5.41, 5.74) is 0.532. The Kier molecular flexibility index (Phi) is 7.03. The summed E-state index contributed by atoms with van der Waals surface area (Å²) in [6, 6.07) is 10.4. The molecule has 0 N–H and O–H groups in total. The second-order valence-electron chi connectivity index (χ2n) is 8.41. The van der Waals surface area contributed by atoms with Gasteiger partial charge in [-0.15, -0.1) is 11.3 Å². The molecule has 168 valence electrons. The van der Waals surface area contributed by atoms with Crippen molar-refractivity contribution in [3.05, 3.63) is 51.2 Å². The normalized spacial score (nSPS) is 21.4. The van der Waals surface area contributed by atoms with Gasteiger partial charge in [0.1, 0.15) is 0 Å². The highest BCUT2D eigenvalue weighted by molar-refractivity contribution is 7.89. The molecule has 1 aromatic carbocycles.